The molecule has 10 N–H and O–H groups in total. The normalized spacial score (nSPS) is 10.3. The molecule has 4 aromatic rings. The molecular formula is C26H26N10NiS2. The molecule has 2 aromatic carbocycles. The van der Waals surface area contributed by atoms with Crippen LogP contribution in [0.25, 0.3) is 22.3 Å². The van der Waals surface area contributed by atoms with Crippen molar-refractivity contribution in [1.82, 2.24) is 20.8 Å². The van der Waals surface area contributed by atoms with Gasteiger partial charge in [-0.1, -0.05) is 24.3 Å². The molecule has 39 heavy (non-hydrogen) atoms. The van der Waals surface area contributed by atoms with E-state index in [1.54, 1.807) is 31.0 Å². The van der Waals surface area contributed by atoms with Gasteiger partial charge in [-0.05, 0) is 89.2 Å². The Balaban J connectivity index is 0.000000267. The van der Waals surface area contributed by atoms with Crippen LogP contribution in [-0.4, -0.2) is 32.6 Å². The molecule has 13 heteroatoms. The number of nitrogen functional groups attached to an aromatic ring is 2. The number of rotatable bonds is 6. The van der Waals surface area contributed by atoms with Crippen LogP contribution in [0.15, 0.2) is 95.5 Å². The number of hydrogen-bond acceptors (Lipinski definition) is 8. The molecule has 10 nitrogen and oxygen atoms in total. The topological polar surface area (TPSA) is 179 Å². The van der Waals surface area contributed by atoms with E-state index in [1.807, 2.05) is 66.7 Å². The zero-order valence-electron chi connectivity index (χ0n) is 20.5. The number of nitrogens with two attached hydrogens (primary N) is 4. The monoisotopic (exact) mass is 600 g/mol. The van der Waals surface area contributed by atoms with Crippen molar-refractivity contribution in [3.63, 3.8) is 0 Å². The molecule has 4 rings (SSSR count). The minimum absolute atomic E-state index is 0. The van der Waals surface area contributed by atoms with E-state index < -0.39 is 0 Å². The molecule has 2 aromatic heterocycles. The summed E-state index contributed by atoms with van der Waals surface area (Å²) in [5, 5.41) is 8.03. The Morgan fingerprint density at radius 3 is 1.97 bits per heavy atom. The molecule has 0 aliphatic rings. The molecule has 0 fully saturated rings. The Kier molecular flexibility index (Phi) is 12.4. The van der Waals surface area contributed by atoms with Crippen LogP contribution in [0.2, 0.25) is 0 Å². The minimum Gasteiger partial charge on any atom is -0.399 e. The van der Waals surface area contributed by atoms with E-state index in [-0.39, 0.29) is 26.7 Å². The molecule has 0 saturated heterocycles. The predicted molar refractivity (Wildman–Crippen MR) is 163 cm³/mol. The molecule has 0 bridgehead atoms. The van der Waals surface area contributed by atoms with E-state index in [2.05, 4.69) is 55.5 Å². The largest absolute Gasteiger partial charge is 0.399 e. The number of hydrogen-bond donors (Lipinski definition) is 6. The summed E-state index contributed by atoms with van der Waals surface area (Å²) in [6.07, 6.45) is 8.31. The maximum atomic E-state index is 5.79. The second kappa shape index (κ2) is 15.7. The van der Waals surface area contributed by atoms with Gasteiger partial charge in [0.05, 0.1) is 18.1 Å². The van der Waals surface area contributed by atoms with Crippen molar-refractivity contribution in [2.24, 2.45) is 21.7 Å². The Morgan fingerprint density at radius 1 is 0.744 bits per heavy atom. The molecule has 0 unspecified atom stereocenters. The van der Waals surface area contributed by atoms with Gasteiger partial charge in [-0.3, -0.25) is 20.8 Å². The molecule has 0 spiro atoms. The molecule has 0 atom stereocenters. The van der Waals surface area contributed by atoms with Gasteiger partial charge >= 0.3 is 0 Å². The summed E-state index contributed by atoms with van der Waals surface area (Å²) in [5.74, 6) is 0. The van der Waals surface area contributed by atoms with Gasteiger partial charge in [-0.2, -0.15) is 10.2 Å². The molecule has 0 radical (unpaired) electrons. The molecule has 0 amide bonds. The van der Waals surface area contributed by atoms with E-state index in [1.165, 1.54) is 0 Å². The summed E-state index contributed by atoms with van der Waals surface area (Å²) >= 11 is 9.32. The zero-order chi connectivity index (χ0) is 27.3. The van der Waals surface area contributed by atoms with E-state index in [9.17, 15) is 0 Å². The Labute approximate surface area is 246 Å². The van der Waals surface area contributed by atoms with Crippen molar-refractivity contribution in [2.75, 3.05) is 11.5 Å². The fourth-order valence-corrected chi connectivity index (χ4v) is 3.33. The summed E-state index contributed by atoms with van der Waals surface area (Å²) < 4.78 is 0. The van der Waals surface area contributed by atoms with E-state index >= 15 is 0 Å². The number of hydrazone groups is 2. The molecule has 202 valence electrons. The van der Waals surface area contributed by atoms with Gasteiger partial charge in [-0.15, -0.1) is 0 Å². The van der Waals surface area contributed by atoms with Crippen LogP contribution in [0.5, 0.6) is 0 Å². The average molecular weight is 601 g/mol. The number of aromatic nitrogens is 2. The predicted octanol–water partition coefficient (Wildman–Crippen LogP) is 2.99. The third kappa shape index (κ3) is 10.4. The van der Waals surface area contributed by atoms with Gasteiger partial charge in [0.15, 0.2) is 10.2 Å². The molecule has 0 aliphatic carbocycles. The van der Waals surface area contributed by atoms with Crippen molar-refractivity contribution in [2.45, 2.75) is 0 Å². The first-order valence-electron chi connectivity index (χ1n) is 11.1. The van der Waals surface area contributed by atoms with Crippen molar-refractivity contribution in [3.05, 3.63) is 96.6 Å². The summed E-state index contributed by atoms with van der Waals surface area (Å²) in [6, 6.07) is 21.0. The molecule has 0 aliphatic heterocycles. The van der Waals surface area contributed by atoms with Crippen molar-refractivity contribution < 1.29 is 16.5 Å². The molecule has 0 saturated carbocycles. The Bertz CT molecular complexity index is 1480. The van der Waals surface area contributed by atoms with Crippen molar-refractivity contribution in [3.8, 4) is 22.3 Å². The van der Waals surface area contributed by atoms with E-state index in [0.29, 0.717) is 11.4 Å². The number of anilines is 2. The van der Waals surface area contributed by atoms with Crippen molar-refractivity contribution >= 4 is 58.5 Å². The minimum atomic E-state index is 0. The number of thiocarbonyl (C=S) groups is 2. The zero-order valence-corrected chi connectivity index (χ0v) is 23.1. The molecule has 2 heterocycles. The van der Waals surface area contributed by atoms with Crippen LogP contribution < -0.4 is 33.8 Å². The molecular weight excluding hydrogens is 575 g/mol. The first kappa shape index (κ1) is 30.8. The average Bonchev–Trinajstić information content (AvgIpc) is 2.89. The standard InChI is InChI=1S/2C13H13N5S.Ni/c14-11-3-1-2-9(6-11)12-4-5-16-7-10(12)8-17-18-13(15)19;14-11-3-1-2-9(6-11)10-4-5-16-12(7-10)8-17-18-13(15)19;/h2*1-8H,14H2,(H3,15,18,19);. The fourth-order valence-electron chi connectivity index (χ4n) is 3.22. The van der Waals surface area contributed by atoms with Gasteiger partial charge in [0.2, 0.25) is 0 Å². The third-order valence-corrected chi connectivity index (χ3v) is 4.98. The maximum absolute atomic E-state index is 5.79. The fraction of sp³-hybridized carbons (Fsp3) is 0. The van der Waals surface area contributed by atoms with Crippen LogP contribution in [0.4, 0.5) is 11.4 Å². The second-order valence-corrected chi connectivity index (χ2v) is 8.53. The summed E-state index contributed by atoms with van der Waals surface area (Å²) in [6.45, 7) is 0. The van der Waals surface area contributed by atoms with Gasteiger partial charge in [0.25, 0.3) is 0 Å². The number of pyridine rings is 2. The van der Waals surface area contributed by atoms with Crippen LogP contribution in [-0.2, 0) is 16.5 Å². The maximum Gasteiger partial charge on any atom is 0.184 e. The third-order valence-electron chi connectivity index (χ3n) is 4.80. The van der Waals surface area contributed by atoms with E-state index in [4.69, 9.17) is 22.9 Å². The van der Waals surface area contributed by atoms with Crippen LogP contribution in [0.3, 0.4) is 0 Å². The Morgan fingerprint density at radius 2 is 1.33 bits per heavy atom. The quantitative estimate of drug-likeness (QED) is 0.0633. The summed E-state index contributed by atoms with van der Waals surface area (Å²) in [4.78, 5) is 8.26. The SMILES string of the molecule is NC(=S)NN=Cc1cc(-c2cccc(N)c2)ccn1.NC(=S)NN=Cc1cnccc1-c1cccc(N)c1.[Ni]. The van der Waals surface area contributed by atoms with Crippen LogP contribution in [0.1, 0.15) is 11.3 Å². The Hall–Kier alpha value is -4.45. The van der Waals surface area contributed by atoms with E-state index in [0.717, 1.165) is 33.5 Å². The first-order valence-corrected chi connectivity index (χ1v) is 11.9. The summed E-state index contributed by atoms with van der Waals surface area (Å²) in [5.41, 5.74) is 34.1. The smallest absolute Gasteiger partial charge is 0.184 e. The van der Waals surface area contributed by atoms with Crippen LogP contribution in [0, 0.1) is 0 Å². The second-order valence-electron chi connectivity index (χ2n) is 7.65. The van der Waals surface area contributed by atoms with Gasteiger partial charge in [0, 0.05) is 52.0 Å². The number of nitrogens with zero attached hydrogens (tertiary/aromatic N) is 4. The number of nitrogens with one attached hydrogen (secondary N) is 2. The van der Waals surface area contributed by atoms with Crippen molar-refractivity contribution in [1.29, 1.82) is 0 Å². The first-order chi connectivity index (χ1) is 18.3. The number of benzene rings is 2. The van der Waals surface area contributed by atoms with Gasteiger partial charge in [-0.25, -0.2) is 0 Å². The summed E-state index contributed by atoms with van der Waals surface area (Å²) in [7, 11) is 0. The van der Waals surface area contributed by atoms with Gasteiger partial charge < -0.3 is 22.9 Å². The van der Waals surface area contributed by atoms with Crippen LogP contribution >= 0.6 is 24.4 Å². The van der Waals surface area contributed by atoms with Gasteiger partial charge in [0.1, 0.15) is 0 Å².